The summed E-state index contributed by atoms with van der Waals surface area (Å²) in [5.41, 5.74) is 1.77. The molecule has 1 aliphatic carbocycles. The number of nitrogens with zero attached hydrogens (tertiary/aromatic N) is 1. The van der Waals surface area contributed by atoms with E-state index in [-0.39, 0.29) is 17.4 Å². The highest BCUT2D eigenvalue weighted by atomic mass is 32.2. The Morgan fingerprint density at radius 2 is 1.88 bits per heavy atom. The molecular weight excluding hydrogens is 472 g/mol. The lowest BCUT2D eigenvalue weighted by Crippen LogP contribution is -2.39. The van der Waals surface area contributed by atoms with Crippen LogP contribution in [0.1, 0.15) is 71.2 Å². The topological polar surface area (TPSA) is 92.8 Å². The van der Waals surface area contributed by atoms with Crippen LogP contribution in [0.25, 0.3) is 0 Å². The van der Waals surface area contributed by atoms with E-state index in [1.807, 2.05) is 0 Å². The Morgan fingerprint density at radius 3 is 2.56 bits per heavy atom. The van der Waals surface area contributed by atoms with Crippen molar-refractivity contribution in [3.8, 4) is 0 Å². The molecule has 1 saturated heterocycles. The highest BCUT2D eigenvalue weighted by Gasteiger charge is 2.30. The molecule has 0 saturated carbocycles. The second-order valence-corrected chi connectivity index (χ2v) is 12.4. The van der Waals surface area contributed by atoms with Crippen LogP contribution in [-0.4, -0.2) is 44.3 Å². The number of carbonyl (C=O) groups is 2. The smallest absolute Gasteiger partial charge is 0.341 e. The lowest BCUT2D eigenvalue weighted by atomic mass is 9.88. The minimum atomic E-state index is -3.59. The molecule has 184 valence electrons. The normalized spacial score (nSPS) is 21.0. The van der Waals surface area contributed by atoms with Crippen molar-refractivity contribution >= 4 is 38.2 Å². The molecule has 1 aromatic carbocycles. The minimum Gasteiger partial charge on any atom is -0.462 e. The van der Waals surface area contributed by atoms with Crippen molar-refractivity contribution in [2.75, 3.05) is 25.0 Å². The first-order valence-electron chi connectivity index (χ1n) is 11.9. The molecule has 2 aliphatic rings. The molecule has 1 aliphatic heterocycles. The number of fused-ring (bicyclic) bond motifs is 1. The van der Waals surface area contributed by atoms with Crippen molar-refractivity contribution in [3.63, 3.8) is 0 Å². The van der Waals surface area contributed by atoms with Crippen molar-refractivity contribution in [2.24, 2.45) is 11.8 Å². The molecule has 0 bridgehead atoms. The van der Waals surface area contributed by atoms with Crippen LogP contribution in [0.3, 0.4) is 0 Å². The number of sulfonamides is 1. The number of carbonyl (C=O) groups excluding carboxylic acids is 2. The van der Waals surface area contributed by atoms with Crippen molar-refractivity contribution in [1.82, 2.24) is 4.31 Å². The number of piperidine rings is 1. The molecule has 7 nitrogen and oxygen atoms in total. The SMILES string of the molecule is CCOC(=O)c1c(NC(=O)c2ccc(S(=O)(=O)N3CCCC(C)C3)cc2)sc2c1CCC(C)C2. The monoisotopic (exact) mass is 504 g/mol. The Hall–Kier alpha value is -2.23. The molecule has 4 rings (SSSR count). The van der Waals surface area contributed by atoms with Crippen molar-refractivity contribution in [2.45, 2.75) is 57.8 Å². The Kier molecular flexibility index (Phi) is 7.45. The van der Waals surface area contributed by atoms with Crippen LogP contribution in [0.15, 0.2) is 29.2 Å². The second kappa shape index (κ2) is 10.2. The van der Waals surface area contributed by atoms with E-state index in [0.29, 0.717) is 41.1 Å². The summed E-state index contributed by atoms with van der Waals surface area (Å²) in [4.78, 5) is 27.0. The van der Waals surface area contributed by atoms with E-state index in [0.717, 1.165) is 42.5 Å². The Labute approximate surface area is 205 Å². The van der Waals surface area contributed by atoms with Gasteiger partial charge in [0, 0.05) is 23.5 Å². The number of anilines is 1. The van der Waals surface area contributed by atoms with E-state index < -0.39 is 16.0 Å². The minimum absolute atomic E-state index is 0.186. The van der Waals surface area contributed by atoms with Crippen LogP contribution in [0.4, 0.5) is 5.00 Å². The Morgan fingerprint density at radius 1 is 1.15 bits per heavy atom. The third-order valence-electron chi connectivity index (χ3n) is 6.59. The van der Waals surface area contributed by atoms with E-state index in [2.05, 4.69) is 19.2 Å². The number of thiophene rings is 1. The Balaban J connectivity index is 1.55. The predicted molar refractivity (Wildman–Crippen MR) is 133 cm³/mol. The van der Waals surface area contributed by atoms with Crippen LogP contribution in [-0.2, 0) is 27.6 Å². The quantitative estimate of drug-likeness (QED) is 0.575. The fourth-order valence-corrected chi connectivity index (χ4v) is 7.72. The summed E-state index contributed by atoms with van der Waals surface area (Å²) in [7, 11) is -3.59. The van der Waals surface area contributed by atoms with Crippen LogP contribution >= 0.6 is 11.3 Å². The first kappa shape index (κ1) is 24.9. The molecule has 0 spiro atoms. The summed E-state index contributed by atoms with van der Waals surface area (Å²) in [5.74, 6) is 0.0682. The number of amides is 1. The predicted octanol–water partition coefficient (Wildman–Crippen LogP) is 4.72. The summed E-state index contributed by atoms with van der Waals surface area (Å²) >= 11 is 1.43. The van der Waals surface area contributed by atoms with Crippen molar-refractivity contribution in [3.05, 3.63) is 45.8 Å². The molecule has 2 aromatic rings. The van der Waals surface area contributed by atoms with Gasteiger partial charge in [0.15, 0.2) is 0 Å². The third-order valence-corrected chi connectivity index (χ3v) is 9.64. The average molecular weight is 505 g/mol. The molecule has 34 heavy (non-hydrogen) atoms. The zero-order valence-corrected chi connectivity index (χ0v) is 21.6. The van der Waals surface area contributed by atoms with Gasteiger partial charge in [-0.3, -0.25) is 4.79 Å². The second-order valence-electron chi connectivity index (χ2n) is 9.37. The fraction of sp³-hybridized carbons (Fsp3) is 0.520. The number of esters is 1. The lowest BCUT2D eigenvalue weighted by molar-refractivity contribution is 0.0526. The maximum atomic E-state index is 13.0. The van der Waals surface area contributed by atoms with Gasteiger partial charge in [0.05, 0.1) is 17.1 Å². The van der Waals surface area contributed by atoms with Gasteiger partial charge in [0.1, 0.15) is 5.00 Å². The average Bonchev–Trinajstić information content (AvgIpc) is 3.16. The van der Waals surface area contributed by atoms with E-state index in [1.165, 1.54) is 39.9 Å². The van der Waals surface area contributed by atoms with Gasteiger partial charge in [-0.05, 0) is 80.7 Å². The largest absolute Gasteiger partial charge is 0.462 e. The molecule has 1 N–H and O–H groups in total. The standard InChI is InChI=1S/C25H32N2O5S2/c1-4-32-25(29)22-20-12-7-16(2)14-21(20)33-24(22)26-23(28)18-8-10-19(11-9-18)34(30,31)27-13-5-6-17(3)15-27/h8-11,16-17H,4-7,12-15H2,1-3H3,(H,26,28). The van der Waals surface area contributed by atoms with Gasteiger partial charge in [-0.2, -0.15) is 4.31 Å². The number of hydrogen-bond donors (Lipinski definition) is 1. The molecule has 2 unspecified atom stereocenters. The number of benzene rings is 1. The highest BCUT2D eigenvalue weighted by molar-refractivity contribution is 7.89. The molecule has 2 heterocycles. The Bertz CT molecular complexity index is 1170. The number of hydrogen-bond acceptors (Lipinski definition) is 6. The fourth-order valence-electron chi connectivity index (χ4n) is 4.73. The van der Waals surface area contributed by atoms with Gasteiger partial charge in [0.25, 0.3) is 5.91 Å². The maximum absolute atomic E-state index is 13.0. The van der Waals surface area contributed by atoms with Crippen LogP contribution < -0.4 is 5.32 Å². The summed E-state index contributed by atoms with van der Waals surface area (Å²) in [6.45, 7) is 7.31. The zero-order chi connectivity index (χ0) is 24.5. The molecule has 1 fully saturated rings. The van der Waals surface area contributed by atoms with Crippen LogP contribution in [0.2, 0.25) is 0 Å². The lowest BCUT2D eigenvalue weighted by Gasteiger charge is -2.30. The van der Waals surface area contributed by atoms with Gasteiger partial charge < -0.3 is 10.1 Å². The number of nitrogens with one attached hydrogen (secondary N) is 1. The first-order valence-corrected chi connectivity index (χ1v) is 14.2. The van der Waals surface area contributed by atoms with E-state index in [1.54, 1.807) is 6.92 Å². The first-order chi connectivity index (χ1) is 16.2. The van der Waals surface area contributed by atoms with Gasteiger partial charge in [-0.15, -0.1) is 11.3 Å². The molecule has 0 radical (unpaired) electrons. The van der Waals surface area contributed by atoms with Crippen molar-refractivity contribution in [1.29, 1.82) is 0 Å². The molecule has 1 amide bonds. The summed E-state index contributed by atoms with van der Waals surface area (Å²) in [6.07, 6.45) is 4.55. The molecule has 1 aromatic heterocycles. The van der Waals surface area contributed by atoms with E-state index in [9.17, 15) is 18.0 Å². The van der Waals surface area contributed by atoms with Crippen LogP contribution in [0, 0.1) is 11.8 Å². The van der Waals surface area contributed by atoms with Crippen molar-refractivity contribution < 1.29 is 22.7 Å². The van der Waals surface area contributed by atoms with Gasteiger partial charge >= 0.3 is 5.97 Å². The number of ether oxygens (including phenoxy) is 1. The molecule has 9 heteroatoms. The highest BCUT2D eigenvalue weighted by Crippen LogP contribution is 2.40. The van der Waals surface area contributed by atoms with E-state index >= 15 is 0 Å². The van der Waals surface area contributed by atoms with Gasteiger partial charge in [-0.25, -0.2) is 13.2 Å². The number of rotatable bonds is 6. The maximum Gasteiger partial charge on any atom is 0.341 e. The zero-order valence-electron chi connectivity index (χ0n) is 19.9. The summed E-state index contributed by atoms with van der Waals surface area (Å²) in [6, 6.07) is 6.01. The van der Waals surface area contributed by atoms with Crippen LogP contribution in [0.5, 0.6) is 0 Å². The molecular formula is C25H32N2O5S2. The third kappa shape index (κ3) is 5.06. The summed E-state index contributed by atoms with van der Waals surface area (Å²) in [5, 5.41) is 3.39. The summed E-state index contributed by atoms with van der Waals surface area (Å²) < 4.78 is 32.8. The van der Waals surface area contributed by atoms with Gasteiger partial charge in [-0.1, -0.05) is 13.8 Å². The van der Waals surface area contributed by atoms with E-state index in [4.69, 9.17) is 4.74 Å². The van der Waals surface area contributed by atoms with Gasteiger partial charge in [0.2, 0.25) is 10.0 Å². The molecule has 2 atom stereocenters.